The van der Waals surface area contributed by atoms with Gasteiger partial charge in [-0.2, -0.15) is 0 Å². The largest absolute Gasteiger partial charge is 0.486 e. The molecule has 0 aliphatic heterocycles. The van der Waals surface area contributed by atoms with Crippen molar-refractivity contribution < 1.29 is 14.6 Å². The van der Waals surface area contributed by atoms with Crippen LogP contribution < -0.4 is 4.74 Å². The van der Waals surface area contributed by atoms with E-state index in [-0.39, 0.29) is 5.56 Å². The van der Waals surface area contributed by atoms with Gasteiger partial charge in [0.15, 0.2) is 0 Å². The molecular formula is C12H10INO3S. The molecule has 0 aliphatic carbocycles. The van der Waals surface area contributed by atoms with Crippen LogP contribution in [0.15, 0.2) is 23.6 Å². The number of halogens is 1. The van der Waals surface area contributed by atoms with Crippen LogP contribution in [0.4, 0.5) is 0 Å². The van der Waals surface area contributed by atoms with Gasteiger partial charge in [0.2, 0.25) is 0 Å². The first kappa shape index (κ1) is 13.3. The summed E-state index contributed by atoms with van der Waals surface area (Å²) in [5.41, 5.74) is 1.08. The van der Waals surface area contributed by atoms with Crippen LogP contribution in [0.1, 0.15) is 21.1 Å². The predicted molar refractivity (Wildman–Crippen MR) is 77.3 cm³/mol. The summed E-state index contributed by atoms with van der Waals surface area (Å²) in [5, 5.41) is 11.8. The van der Waals surface area contributed by atoms with Gasteiger partial charge >= 0.3 is 5.97 Å². The number of rotatable bonds is 4. The number of ether oxygens (including phenoxy) is 1. The first-order chi connectivity index (χ1) is 8.56. The van der Waals surface area contributed by atoms with Gasteiger partial charge in [0, 0.05) is 5.38 Å². The van der Waals surface area contributed by atoms with Gasteiger partial charge in [0.25, 0.3) is 0 Å². The Hall–Kier alpha value is -1.15. The molecule has 0 spiro atoms. The first-order valence-electron chi connectivity index (χ1n) is 5.13. The summed E-state index contributed by atoms with van der Waals surface area (Å²) in [7, 11) is 0. The molecule has 1 N–H and O–H groups in total. The van der Waals surface area contributed by atoms with E-state index in [1.54, 1.807) is 23.5 Å². The maximum absolute atomic E-state index is 10.9. The van der Waals surface area contributed by atoms with Crippen LogP contribution in [0.3, 0.4) is 0 Å². The van der Waals surface area contributed by atoms with Crippen molar-refractivity contribution in [2.75, 3.05) is 0 Å². The van der Waals surface area contributed by atoms with Gasteiger partial charge in [0.05, 0.1) is 19.8 Å². The molecule has 0 fully saturated rings. The Morgan fingerprint density at radius 1 is 1.56 bits per heavy atom. The maximum atomic E-state index is 10.9. The van der Waals surface area contributed by atoms with Crippen LogP contribution >= 0.6 is 33.9 Å². The average molecular weight is 375 g/mol. The molecular weight excluding hydrogens is 365 g/mol. The number of carbonyl (C=O) groups is 1. The number of benzene rings is 1. The molecule has 6 heteroatoms. The summed E-state index contributed by atoms with van der Waals surface area (Å²) in [4.78, 5) is 15.2. The van der Waals surface area contributed by atoms with E-state index in [0.717, 1.165) is 14.3 Å². The van der Waals surface area contributed by atoms with Crippen molar-refractivity contribution in [2.24, 2.45) is 0 Å². The third kappa shape index (κ3) is 3.20. The number of hydrogen-bond donors (Lipinski definition) is 1. The molecule has 1 heterocycles. The number of aryl methyl sites for hydroxylation is 1. The summed E-state index contributed by atoms with van der Waals surface area (Å²) >= 11 is 3.68. The van der Waals surface area contributed by atoms with E-state index in [4.69, 9.17) is 9.84 Å². The Bertz CT molecular complexity index is 582. The summed E-state index contributed by atoms with van der Waals surface area (Å²) in [6, 6.07) is 4.82. The summed E-state index contributed by atoms with van der Waals surface area (Å²) in [6.07, 6.45) is 0. The van der Waals surface area contributed by atoms with Crippen LogP contribution in [0.2, 0.25) is 0 Å². The molecule has 0 amide bonds. The molecule has 1 aromatic carbocycles. The number of carboxylic acid groups (broad SMARTS) is 1. The van der Waals surface area contributed by atoms with Crippen LogP contribution in [-0.2, 0) is 6.61 Å². The molecule has 0 radical (unpaired) electrons. The monoisotopic (exact) mass is 375 g/mol. The average Bonchev–Trinajstić information content (AvgIpc) is 2.74. The second-order valence-corrected chi connectivity index (χ2v) is 5.82. The zero-order valence-electron chi connectivity index (χ0n) is 9.51. The second kappa shape index (κ2) is 5.66. The van der Waals surface area contributed by atoms with Crippen LogP contribution in [0.25, 0.3) is 0 Å². The Morgan fingerprint density at radius 2 is 2.33 bits per heavy atom. The zero-order valence-corrected chi connectivity index (χ0v) is 12.5. The molecule has 2 aromatic rings. The smallest absolute Gasteiger partial charge is 0.335 e. The van der Waals surface area contributed by atoms with E-state index in [9.17, 15) is 4.79 Å². The normalized spacial score (nSPS) is 10.3. The van der Waals surface area contributed by atoms with Crippen molar-refractivity contribution in [2.45, 2.75) is 13.5 Å². The first-order valence-corrected chi connectivity index (χ1v) is 7.09. The molecule has 4 nitrogen and oxygen atoms in total. The molecule has 2 rings (SSSR count). The third-order valence-electron chi connectivity index (χ3n) is 2.22. The van der Waals surface area contributed by atoms with Crippen LogP contribution in [0, 0.1) is 10.5 Å². The van der Waals surface area contributed by atoms with E-state index in [0.29, 0.717) is 12.4 Å². The number of hydrogen-bond acceptors (Lipinski definition) is 4. The Morgan fingerprint density at radius 3 is 2.94 bits per heavy atom. The fourth-order valence-corrected chi connectivity index (χ4v) is 2.46. The lowest BCUT2D eigenvalue weighted by Gasteiger charge is -2.07. The van der Waals surface area contributed by atoms with Crippen LogP contribution in [-0.4, -0.2) is 16.1 Å². The minimum absolute atomic E-state index is 0.222. The number of aromatic carboxylic acids is 1. The summed E-state index contributed by atoms with van der Waals surface area (Å²) in [6.45, 7) is 2.28. The summed E-state index contributed by atoms with van der Waals surface area (Å²) in [5.74, 6) is -0.387. The van der Waals surface area contributed by atoms with Gasteiger partial charge in [-0.05, 0) is 47.7 Å². The van der Waals surface area contributed by atoms with E-state index >= 15 is 0 Å². The van der Waals surface area contributed by atoms with Gasteiger partial charge in [-0.1, -0.05) is 0 Å². The highest BCUT2D eigenvalue weighted by Crippen LogP contribution is 2.23. The highest BCUT2D eigenvalue weighted by atomic mass is 127. The topological polar surface area (TPSA) is 59.4 Å². The number of nitrogens with zero attached hydrogens (tertiary/aromatic N) is 1. The maximum Gasteiger partial charge on any atom is 0.335 e. The molecule has 94 valence electrons. The van der Waals surface area contributed by atoms with Crippen molar-refractivity contribution in [1.82, 2.24) is 4.98 Å². The van der Waals surface area contributed by atoms with Crippen molar-refractivity contribution in [3.8, 4) is 5.75 Å². The van der Waals surface area contributed by atoms with E-state index in [2.05, 4.69) is 27.6 Å². The Balaban J connectivity index is 2.13. The lowest BCUT2D eigenvalue weighted by Crippen LogP contribution is -2.01. The lowest BCUT2D eigenvalue weighted by atomic mass is 10.2. The molecule has 18 heavy (non-hydrogen) atoms. The molecule has 0 unspecified atom stereocenters. The molecule has 0 aliphatic rings. The fourth-order valence-electron chi connectivity index (χ4n) is 1.37. The Kier molecular flexibility index (Phi) is 4.18. The molecule has 0 bridgehead atoms. The van der Waals surface area contributed by atoms with Gasteiger partial charge in [-0.25, -0.2) is 9.78 Å². The van der Waals surface area contributed by atoms with Gasteiger partial charge in [0.1, 0.15) is 12.4 Å². The van der Waals surface area contributed by atoms with Gasteiger partial charge in [-0.15, -0.1) is 11.3 Å². The van der Waals surface area contributed by atoms with Crippen molar-refractivity contribution in [1.29, 1.82) is 0 Å². The van der Waals surface area contributed by atoms with Gasteiger partial charge < -0.3 is 9.84 Å². The SMILES string of the molecule is Cc1nc(COc2cc(C(=O)O)ccc2I)cs1. The Labute approximate surface area is 122 Å². The lowest BCUT2D eigenvalue weighted by molar-refractivity contribution is 0.0696. The minimum Gasteiger partial charge on any atom is -0.486 e. The quantitative estimate of drug-likeness (QED) is 0.833. The van der Waals surface area contributed by atoms with Crippen molar-refractivity contribution in [3.63, 3.8) is 0 Å². The second-order valence-electron chi connectivity index (χ2n) is 3.60. The molecule has 0 saturated carbocycles. The number of thiazole rings is 1. The van der Waals surface area contributed by atoms with E-state index in [1.165, 1.54) is 6.07 Å². The van der Waals surface area contributed by atoms with Crippen LogP contribution in [0.5, 0.6) is 5.75 Å². The van der Waals surface area contributed by atoms with Crippen molar-refractivity contribution >= 4 is 39.9 Å². The fraction of sp³-hybridized carbons (Fsp3) is 0.167. The molecule has 0 saturated heterocycles. The van der Waals surface area contributed by atoms with E-state index in [1.807, 2.05) is 12.3 Å². The highest BCUT2D eigenvalue weighted by molar-refractivity contribution is 14.1. The predicted octanol–water partition coefficient (Wildman–Crippen LogP) is 3.33. The minimum atomic E-state index is -0.958. The van der Waals surface area contributed by atoms with Gasteiger partial charge in [-0.3, -0.25) is 0 Å². The number of aromatic nitrogens is 1. The van der Waals surface area contributed by atoms with E-state index < -0.39 is 5.97 Å². The van der Waals surface area contributed by atoms with Crippen molar-refractivity contribution in [3.05, 3.63) is 43.4 Å². The molecule has 0 atom stereocenters. The summed E-state index contributed by atoms with van der Waals surface area (Å²) < 4.78 is 6.48. The number of carboxylic acids is 1. The highest BCUT2D eigenvalue weighted by Gasteiger charge is 2.08. The third-order valence-corrected chi connectivity index (χ3v) is 3.93. The standard InChI is InChI=1S/C12H10INO3S/c1-7-14-9(6-18-7)5-17-11-4-8(12(15)16)2-3-10(11)13/h2-4,6H,5H2,1H3,(H,15,16). The molecule has 1 aromatic heterocycles. The zero-order chi connectivity index (χ0) is 13.1.